The molecule has 1 unspecified atom stereocenters. The molecule has 1 atom stereocenters. The van der Waals surface area contributed by atoms with E-state index in [1.165, 1.54) is 0 Å². The molecule has 29 heavy (non-hydrogen) atoms. The van der Waals surface area contributed by atoms with Crippen LogP contribution in [0.4, 0.5) is 0 Å². The molecule has 2 heterocycles. The van der Waals surface area contributed by atoms with Gasteiger partial charge in [0.25, 0.3) is 0 Å². The van der Waals surface area contributed by atoms with Crippen LogP contribution in [0.2, 0.25) is 0 Å². The minimum absolute atomic E-state index is 0. The smallest absolute Gasteiger partial charge is 0.191 e. The fourth-order valence-corrected chi connectivity index (χ4v) is 3.10. The van der Waals surface area contributed by atoms with Crippen molar-refractivity contribution in [3.8, 4) is 5.75 Å². The highest BCUT2D eigenvalue weighted by Crippen LogP contribution is 2.12. The van der Waals surface area contributed by atoms with E-state index in [0.29, 0.717) is 12.5 Å². The third-order valence-corrected chi connectivity index (χ3v) is 4.82. The molecule has 1 saturated heterocycles. The summed E-state index contributed by atoms with van der Waals surface area (Å²) in [7, 11) is 1.67. The summed E-state index contributed by atoms with van der Waals surface area (Å²) in [6.07, 6.45) is 3.75. The number of guanidine groups is 1. The van der Waals surface area contributed by atoms with Crippen molar-refractivity contribution in [3.05, 3.63) is 42.0 Å². The summed E-state index contributed by atoms with van der Waals surface area (Å²) in [4.78, 5) is 4.74. The second-order valence-electron chi connectivity index (χ2n) is 6.84. The standard InChI is InChI=1S/C20H30N6O2.HI/c1-3-19-25-24-15-26(19)10-9-21-20(23-13-17-8-11-28-14-17)22-12-16-4-6-18(27-2)7-5-16;/h4-7,15,17H,3,8-14H2,1-2H3,(H2,21,22,23);1H. The molecule has 0 amide bonds. The number of nitrogens with zero attached hydrogens (tertiary/aromatic N) is 4. The van der Waals surface area contributed by atoms with Gasteiger partial charge in [0.05, 0.1) is 20.3 Å². The Morgan fingerprint density at radius 1 is 1.31 bits per heavy atom. The second-order valence-corrected chi connectivity index (χ2v) is 6.84. The summed E-state index contributed by atoms with van der Waals surface area (Å²) in [5.74, 6) is 3.20. The third kappa shape index (κ3) is 7.46. The van der Waals surface area contributed by atoms with Crippen molar-refractivity contribution in [2.45, 2.75) is 32.9 Å². The zero-order valence-corrected chi connectivity index (χ0v) is 19.5. The first kappa shape index (κ1) is 23.4. The van der Waals surface area contributed by atoms with Gasteiger partial charge in [0, 0.05) is 38.6 Å². The first-order chi connectivity index (χ1) is 13.8. The number of aromatic nitrogens is 3. The van der Waals surface area contributed by atoms with Crippen LogP contribution in [0.15, 0.2) is 35.6 Å². The molecule has 0 spiro atoms. The summed E-state index contributed by atoms with van der Waals surface area (Å²) in [6, 6.07) is 7.99. The highest BCUT2D eigenvalue weighted by atomic mass is 127. The molecule has 8 nitrogen and oxygen atoms in total. The van der Waals surface area contributed by atoms with Gasteiger partial charge in [-0.15, -0.1) is 34.2 Å². The maximum absolute atomic E-state index is 5.47. The van der Waals surface area contributed by atoms with E-state index in [2.05, 4.69) is 32.3 Å². The number of aliphatic imine (C=N–C) groups is 1. The minimum Gasteiger partial charge on any atom is -0.497 e. The number of hydrogen-bond donors (Lipinski definition) is 2. The van der Waals surface area contributed by atoms with Crippen LogP contribution >= 0.6 is 24.0 Å². The predicted octanol–water partition coefficient (Wildman–Crippen LogP) is 2.24. The summed E-state index contributed by atoms with van der Waals surface area (Å²) in [6.45, 7) is 6.77. The Morgan fingerprint density at radius 2 is 2.14 bits per heavy atom. The number of nitrogens with one attached hydrogen (secondary N) is 2. The number of hydrogen-bond acceptors (Lipinski definition) is 5. The average molecular weight is 514 g/mol. The Morgan fingerprint density at radius 3 is 2.83 bits per heavy atom. The number of methoxy groups -OCH3 is 1. The summed E-state index contributed by atoms with van der Waals surface area (Å²) in [5, 5.41) is 15.0. The zero-order chi connectivity index (χ0) is 19.6. The average Bonchev–Trinajstić information content (AvgIpc) is 3.41. The van der Waals surface area contributed by atoms with Crippen molar-refractivity contribution in [2.24, 2.45) is 10.9 Å². The van der Waals surface area contributed by atoms with E-state index in [1.54, 1.807) is 13.4 Å². The lowest BCUT2D eigenvalue weighted by molar-refractivity contribution is 0.186. The van der Waals surface area contributed by atoms with Crippen molar-refractivity contribution in [2.75, 3.05) is 33.4 Å². The van der Waals surface area contributed by atoms with Crippen LogP contribution in [0.1, 0.15) is 24.7 Å². The quantitative estimate of drug-likeness (QED) is 0.304. The molecular weight excluding hydrogens is 483 g/mol. The number of ether oxygens (including phenoxy) is 2. The molecule has 3 rings (SSSR count). The van der Waals surface area contributed by atoms with Crippen molar-refractivity contribution >= 4 is 29.9 Å². The third-order valence-electron chi connectivity index (χ3n) is 4.82. The monoisotopic (exact) mass is 514 g/mol. The molecule has 1 aliphatic heterocycles. The van der Waals surface area contributed by atoms with Gasteiger partial charge in [0.1, 0.15) is 17.9 Å². The Balaban J connectivity index is 0.00000300. The molecule has 2 N–H and O–H groups in total. The first-order valence-electron chi connectivity index (χ1n) is 9.88. The van der Waals surface area contributed by atoms with Crippen LogP contribution in [0.5, 0.6) is 5.75 Å². The van der Waals surface area contributed by atoms with E-state index in [4.69, 9.17) is 14.5 Å². The van der Waals surface area contributed by atoms with Crippen molar-refractivity contribution in [3.63, 3.8) is 0 Å². The van der Waals surface area contributed by atoms with Gasteiger partial charge in [0.2, 0.25) is 0 Å². The van der Waals surface area contributed by atoms with Crippen LogP contribution in [-0.2, 0) is 24.2 Å². The Bertz CT molecular complexity index is 744. The van der Waals surface area contributed by atoms with Crippen molar-refractivity contribution in [1.29, 1.82) is 0 Å². The Labute approximate surface area is 189 Å². The summed E-state index contributed by atoms with van der Waals surface area (Å²) >= 11 is 0. The number of rotatable bonds is 9. The SMILES string of the molecule is CCc1nncn1CCNC(=NCc1ccc(OC)cc1)NCC1CCOC1.I. The molecule has 160 valence electrons. The van der Waals surface area contributed by atoms with E-state index in [0.717, 1.165) is 68.8 Å². The Hall–Kier alpha value is -1.88. The second kappa shape index (κ2) is 12.6. The van der Waals surface area contributed by atoms with Crippen LogP contribution in [-0.4, -0.2) is 54.1 Å². The maximum atomic E-state index is 5.47. The maximum Gasteiger partial charge on any atom is 0.191 e. The van der Waals surface area contributed by atoms with Gasteiger partial charge >= 0.3 is 0 Å². The van der Waals surface area contributed by atoms with Crippen molar-refractivity contribution in [1.82, 2.24) is 25.4 Å². The highest BCUT2D eigenvalue weighted by Gasteiger charge is 2.15. The van der Waals surface area contributed by atoms with Crippen LogP contribution < -0.4 is 15.4 Å². The van der Waals surface area contributed by atoms with Gasteiger partial charge in [0.15, 0.2) is 5.96 Å². The fraction of sp³-hybridized carbons (Fsp3) is 0.550. The highest BCUT2D eigenvalue weighted by molar-refractivity contribution is 14.0. The van der Waals surface area contributed by atoms with E-state index in [9.17, 15) is 0 Å². The van der Waals surface area contributed by atoms with Gasteiger partial charge in [-0.2, -0.15) is 0 Å². The minimum atomic E-state index is 0. The Kier molecular flexibility index (Phi) is 10.2. The van der Waals surface area contributed by atoms with Crippen LogP contribution in [0, 0.1) is 5.92 Å². The lowest BCUT2D eigenvalue weighted by Crippen LogP contribution is -2.41. The number of benzene rings is 1. The number of halogens is 1. The van der Waals surface area contributed by atoms with Gasteiger partial charge in [-0.05, 0) is 24.1 Å². The normalized spacial score (nSPS) is 16.3. The van der Waals surface area contributed by atoms with Crippen LogP contribution in [0.3, 0.4) is 0 Å². The summed E-state index contributed by atoms with van der Waals surface area (Å²) in [5.41, 5.74) is 1.14. The van der Waals surface area contributed by atoms with E-state index < -0.39 is 0 Å². The zero-order valence-electron chi connectivity index (χ0n) is 17.1. The van der Waals surface area contributed by atoms with E-state index in [1.807, 2.05) is 24.3 Å². The molecular formula is C20H31IN6O2. The molecule has 0 bridgehead atoms. The van der Waals surface area contributed by atoms with Crippen LogP contribution in [0.25, 0.3) is 0 Å². The molecule has 0 aliphatic carbocycles. The molecule has 2 aromatic rings. The topological polar surface area (TPSA) is 85.6 Å². The van der Waals surface area contributed by atoms with Gasteiger partial charge < -0.3 is 24.7 Å². The lowest BCUT2D eigenvalue weighted by Gasteiger charge is -2.15. The van der Waals surface area contributed by atoms with E-state index >= 15 is 0 Å². The molecule has 9 heteroatoms. The fourth-order valence-electron chi connectivity index (χ4n) is 3.10. The molecule has 1 aromatic carbocycles. The lowest BCUT2D eigenvalue weighted by atomic mass is 10.1. The molecule has 0 radical (unpaired) electrons. The summed E-state index contributed by atoms with van der Waals surface area (Å²) < 4.78 is 12.7. The molecule has 1 fully saturated rings. The molecule has 1 aliphatic rings. The van der Waals surface area contributed by atoms with Gasteiger partial charge in [-0.3, -0.25) is 0 Å². The van der Waals surface area contributed by atoms with Gasteiger partial charge in [-0.25, -0.2) is 4.99 Å². The van der Waals surface area contributed by atoms with E-state index in [-0.39, 0.29) is 24.0 Å². The molecule has 1 aromatic heterocycles. The van der Waals surface area contributed by atoms with Gasteiger partial charge in [-0.1, -0.05) is 19.1 Å². The largest absolute Gasteiger partial charge is 0.497 e. The molecule has 0 saturated carbocycles. The first-order valence-corrected chi connectivity index (χ1v) is 9.88. The van der Waals surface area contributed by atoms with Crippen molar-refractivity contribution < 1.29 is 9.47 Å². The predicted molar refractivity (Wildman–Crippen MR) is 124 cm³/mol. The number of aryl methyl sites for hydroxylation is 1.